The van der Waals surface area contributed by atoms with Gasteiger partial charge in [0.25, 0.3) is 6.33 Å². The fourth-order valence-corrected chi connectivity index (χ4v) is 1.17. The van der Waals surface area contributed by atoms with E-state index in [4.69, 9.17) is 0 Å². The zero-order chi connectivity index (χ0) is 7.68. The van der Waals surface area contributed by atoms with Crippen LogP contribution in [0.25, 0.3) is 0 Å². The van der Waals surface area contributed by atoms with Gasteiger partial charge in [-0.05, 0) is 12.2 Å². The number of allylic oxidation sites excluding steroid dienone is 4. The SMILES string of the molecule is Cn1c[n+](C2C=CC=C2)cn1. The van der Waals surface area contributed by atoms with Gasteiger partial charge in [0.2, 0.25) is 6.33 Å². The van der Waals surface area contributed by atoms with Crippen LogP contribution in [0.5, 0.6) is 0 Å². The highest BCUT2D eigenvalue weighted by Crippen LogP contribution is 2.06. The fourth-order valence-electron chi connectivity index (χ4n) is 1.17. The van der Waals surface area contributed by atoms with Crippen LogP contribution in [0.4, 0.5) is 0 Å². The zero-order valence-corrected chi connectivity index (χ0v) is 6.38. The first-order valence-electron chi connectivity index (χ1n) is 3.60. The molecule has 0 atom stereocenters. The summed E-state index contributed by atoms with van der Waals surface area (Å²) in [4.78, 5) is 0. The van der Waals surface area contributed by atoms with Crippen LogP contribution in [0.1, 0.15) is 6.04 Å². The van der Waals surface area contributed by atoms with Gasteiger partial charge in [-0.3, -0.25) is 0 Å². The van der Waals surface area contributed by atoms with Crippen LogP contribution in [0.15, 0.2) is 37.0 Å². The number of hydrogen-bond acceptors (Lipinski definition) is 1. The Labute approximate surface area is 65.3 Å². The summed E-state index contributed by atoms with van der Waals surface area (Å²) in [5.74, 6) is 0. The quantitative estimate of drug-likeness (QED) is 0.527. The second kappa shape index (κ2) is 2.34. The van der Waals surface area contributed by atoms with Gasteiger partial charge in [-0.25, -0.2) is 4.57 Å². The lowest BCUT2D eigenvalue weighted by molar-refractivity contribution is -0.702. The van der Waals surface area contributed by atoms with Crippen LogP contribution in [-0.4, -0.2) is 9.78 Å². The first kappa shape index (κ1) is 6.34. The van der Waals surface area contributed by atoms with E-state index in [1.807, 2.05) is 31.9 Å². The van der Waals surface area contributed by atoms with E-state index in [0.717, 1.165) is 0 Å². The molecule has 0 amide bonds. The molecule has 1 aliphatic carbocycles. The van der Waals surface area contributed by atoms with Crippen molar-refractivity contribution in [2.24, 2.45) is 7.05 Å². The molecule has 1 aromatic heterocycles. The Morgan fingerprint density at radius 1 is 1.36 bits per heavy atom. The molecule has 1 aliphatic rings. The third-order valence-electron chi connectivity index (χ3n) is 1.74. The predicted octanol–water partition coefficient (Wildman–Crippen LogP) is 0.375. The first-order chi connectivity index (χ1) is 5.36. The predicted molar refractivity (Wildman–Crippen MR) is 40.7 cm³/mol. The van der Waals surface area contributed by atoms with E-state index in [2.05, 4.69) is 21.8 Å². The maximum Gasteiger partial charge on any atom is 0.265 e. The molecule has 0 aliphatic heterocycles. The molecule has 0 saturated carbocycles. The Morgan fingerprint density at radius 3 is 2.64 bits per heavy atom. The van der Waals surface area contributed by atoms with E-state index in [1.54, 1.807) is 4.68 Å². The summed E-state index contributed by atoms with van der Waals surface area (Å²) < 4.78 is 3.85. The van der Waals surface area contributed by atoms with Gasteiger partial charge in [0.15, 0.2) is 0 Å². The molecule has 0 saturated heterocycles. The van der Waals surface area contributed by atoms with E-state index < -0.39 is 0 Å². The minimum Gasteiger partial charge on any atom is -0.227 e. The minimum absolute atomic E-state index is 0.365. The van der Waals surface area contributed by atoms with Gasteiger partial charge in [0.05, 0.1) is 7.05 Å². The number of nitrogens with zero attached hydrogens (tertiary/aromatic N) is 3. The van der Waals surface area contributed by atoms with Crippen molar-refractivity contribution >= 4 is 0 Å². The molecule has 0 aromatic carbocycles. The van der Waals surface area contributed by atoms with Crippen LogP contribution in [0, 0.1) is 0 Å². The largest absolute Gasteiger partial charge is 0.265 e. The molecule has 0 bridgehead atoms. The minimum atomic E-state index is 0.365. The van der Waals surface area contributed by atoms with Crippen molar-refractivity contribution in [1.29, 1.82) is 0 Å². The lowest BCUT2D eigenvalue weighted by Crippen LogP contribution is -2.34. The van der Waals surface area contributed by atoms with Crippen LogP contribution >= 0.6 is 0 Å². The van der Waals surface area contributed by atoms with Crippen LogP contribution in [-0.2, 0) is 7.05 Å². The summed E-state index contributed by atoms with van der Waals surface area (Å²) in [6.07, 6.45) is 12.1. The summed E-state index contributed by atoms with van der Waals surface area (Å²) in [6.45, 7) is 0. The Hall–Kier alpha value is -1.38. The molecule has 3 nitrogen and oxygen atoms in total. The average molecular weight is 148 g/mol. The highest BCUT2D eigenvalue weighted by atomic mass is 15.3. The maximum absolute atomic E-state index is 4.07. The van der Waals surface area contributed by atoms with E-state index in [0.29, 0.717) is 6.04 Å². The highest BCUT2D eigenvalue weighted by molar-refractivity contribution is 5.16. The van der Waals surface area contributed by atoms with Crippen LogP contribution in [0.3, 0.4) is 0 Å². The average Bonchev–Trinajstić information content (AvgIpc) is 2.55. The van der Waals surface area contributed by atoms with Crippen molar-refractivity contribution < 1.29 is 4.57 Å². The van der Waals surface area contributed by atoms with Gasteiger partial charge < -0.3 is 0 Å². The van der Waals surface area contributed by atoms with Crippen molar-refractivity contribution in [1.82, 2.24) is 9.78 Å². The van der Waals surface area contributed by atoms with Crippen molar-refractivity contribution in [3.8, 4) is 0 Å². The molecule has 2 rings (SSSR count). The number of aromatic nitrogens is 3. The molecular formula is C8H10N3+. The number of hydrogen-bond donors (Lipinski definition) is 0. The van der Waals surface area contributed by atoms with Crippen molar-refractivity contribution in [2.75, 3.05) is 0 Å². The third-order valence-corrected chi connectivity index (χ3v) is 1.74. The topological polar surface area (TPSA) is 21.7 Å². The van der Waals surface area contributed by atoms with Gasteiger partial charge >= 0.3 is 0 Å². The molecule has 1 heterocycles. The molecular weight excluding hydrogens is 138 g/mol. The lowest BCUT2D eigenvalue weighted by atomic mass is 10.3. The third kappa shape index (κ3) is 1.09. The second-order valence-electron chi connectivity index (χ2n) is 2.63. The maximum atomic E-state index is 4.07. The van der Waals surface area contributed by atoms with E-state index in [1.165, 1.54) is 0 Å². The summed E-state index contributed by atoms with van der Waals surface area (Å²) in [5.41, 5.74) is 0. The van der Waals surface area contributed by atoms with E-state index in [-0.39, 0.29) is 0 Å². The number of rotatable bonds is 1. The standard InChI is InChI=1S/C8H10N3/c1-10-7-11(6-9-10)8-4-2-3-5-8/h2-8H,1H3/q+1. The molecule has 56 valence electrons. The Bertz CT molecular complexity index is 297. The first-order valence-corrected chi connectivity index (χ1v) is 3.60. The normalized spacial score (nSPS) is 16.5. The van der Waals surface area contributed by atoms with Crippen molar-refractivity contribution in [3.05, 3.63) is 37.0 Å². The lowest BCUT2D eigenvalue weighted by Gasteiger charge is -1.97. The Morgan fingerprint density at radius 2 is 2.09 bits per heavy atom. The molecule has 0 radical (unpaired) electrons. The van der Waals surface area contributed by atoms with Gasteiger partial charge in [0.1, 0.15) is 6.04 Å². The molecule has 0 fully saturated rings. The monoisotopic (exact) mass is 148 g/mol. The highest BCUT2D eigenvalue weighted by Gasteiger charge is 2.10. The molecule has 0 spiro atoms. The van der Waals surface area contributed by atoms with Gasteiger partial charge in [-0.2, -0.15) is 0 Å². The van der Waals surface area contributed by atoms with Gasteiger partial charge in [-0.1, -0.05) is 12.2 Å². The molecule has 0 unspecified atom stereocenters. The Balaban J connectivity index is 2.29. The molecule has 0 N–H and O–H groups in total. The van der Waals surface area contributed by atoms with E-state index >= 15 is 0 Å². The summed E-state index contributed by atoms with van der Waals surface area (Å²) in [5, 5.41) is 4.07. The van der Waals surface area contributed by atoms with Crippen LogP contribution < -0.4 is 4.57 Å². The summed E-state index contributed by atoms with van der Waals surface area (Å²) in [7, 11) is 1.92. The van der Waals surface area contributed by atoms with Crippen molar-refractivity contribution in [2.45, 2.75) is 6.04 Å². The molecule has 11 heavy (non-hydrogen) atoms. The van der Waals surface area contributed by atoms with Crippen LogP contribution in [0.2, 0.25) is 0 Å². The zero-order valence-electron chi connectivity index (χ0n) is 6.38. The second-order valence-corrected chi connectivity index (χ2v) is 2.63. The number of aryl methyl sites for hydroxylation is 1. The van der Waals surface area contributed by atoms with Gasteiger partial charge in [0, 0.05) is 5.10 Å². The Kier molecular flexibility index (Phi) is 1.35. The molecule has 3 heteroatoms. The smallest absolute Gasteiger partial charge is 0.227 e. The van der Waals surface area contributed by atoms with Crippen molar-refractivity contribution in [3.63, 3.8) is 0 Å². The molecule has 1 aromatic rings. The summed E-state index contributed by atoms with van der Waals surface area (Å²) >= 11 is 0. The van der Waals surface area contributed by atoms with E-state index in [9.17, 15) is 0 Å². The fraction of sp³-hybridized carbons (Fsp3) is 0.250. The van der Waals surface area contributed by atoms with Gasteiger partial charge in [-0.15, -0.1) is 4.68 Å². The summed E-state index contributed by atoms with van der Waals surface area (Å²) in [6, 6.07) is 0.365.